The number of methoxy groups -OCH3 is 2. The van der Waals surface area contributed by atoms with Crippen LogP contribution in [-0.4, -0.2) is 45.6 Å². The van der Waals surface area contributed by atoms with E-state index >= 15 is 0 Å². The Labute approximate surface area is 144 Å². The molecule has 0 aliphatic rings. The maximum Gasteiger partial charge on any atom is 0.114 e. The van der Waals surface area contributed by atoms with E-state index in [0.717, 1.165) is 29.9 Å². The van der Waals surface area contributed by atoms with Crippen LogP contribution in [0.1, 0.15) is 18.1 Å². The molecule has 0 aliphatic carbocycles. The van der Waals surface area contributed by atoms with Crippen molar-refractivity contribution in [1.29, 1.82) is 0 Å². The van der Waals surface area contributed by atoms with Crippen molar-refractivity contribution >= 4 is 5.69 Å². The SMILES string of the molecule is COCCN(CCOC)c1ccccc1C(C)(O)c1ccccc1. The molecule has 0 amide bonds. The van der Waals surface area contributed by atoms with Crippen molar-refractivity contribution in [1.82, 2.24) is 0 Å². The van der Waals surface area contributed by atoms with Crippen LogP contribution >= 0.6 is 0 Å². The molecule has 1 N–H and O–H groups in total. The third-order valence-electron chi connectivity index (χ3n) is 4.24. The van der Waals surface area contributed by atoms with Crippen molar-refractivity contribution < 1.29 is 14.6 Å². The first kappa shape index (κ1) is 18.5. The maximum absolute atomic E-state index is 11.2. The summed E-state index contributed by atoms with van der Waals surface area (Å²) in [6.45, 7) is 4.55. The monoisotopic (exact) mass is 329 g/mol. The van der Waals surface area contributed by atoms with Crippen molar-refractivity contribution in [2.24, 2.45) is 0 Å². The van der Waals surface area contributed by atoms with Crippen LogP contribution in [0.4, 0.5) is 5.69 Å². The molecule has 2 aromatic rings. The van der Waals surface area contributed by atoms with Crippen LogP contribution in [0.25, 0.3) is 0 Å². The Morgan fingerprint density at radius 3 is 2.00 bits per heavy atom. The molecule has 0 heterocycles. The van der Waals surface area contributed by atoms with Crippen LogP contribution in [0.2, 0.25) is 0 Å². The fourth-order valence-corrected chi connectivity index (χ4v) is 2.83. The quantitative estimate of drug-likeness (QED) is 0.768. The van der Waals surface area contributed by atoms with Gasteiger partial charge in [0.15, 0.2) is 0 Å². The number of anilines is 1. The number of para-hydroxylation sites is 1. The van der Waals surface area contributed by atoms with E-state index in [-0.39, 0.29) is 0 Å². The van der Waals surface area contributed by atoms with Crippen LogP contribution in [0, 0.1) is 0 Å². The van der Waals surface area contributed by atoms with Crippen molar-refractivity contribution in [3.8, 4) is 0 Å². The van der Waals surface area contributed by atoms with Gasteiger partial charge in [-0.15, -0.1) is 0 Å². The van der Waals surface area contributed by atoms with E-state index < -0.39 is 5.60 Å². The molecule has 1 unspecified atom stereocenters. The first-order valence-electron chi connectivity index (χ1n) is 8.21. The molecule has 0 fully saturated rings. The van der Waals surface area contributed by atoms with Gasteiger partial charge in [0.25, 0.3) is 0 Å². The van der Waals surface area contributed by atoms with E-state index in [9.17, 15) is 5.11 Å². The summed E-state index contributed by atoms with van der Waals surface area (Å²) in [7, 11) is 3.39. The first-order valence-corrected chi connectivity index (χ1v) is 8.21. The number of ether oxygens (including phenoxy) is 2. The van der Waals surface area contributed by atoms with Crippen molar-refractivity contribution in [3.63, 3.8) is 0 Å². The highest BCUT2D eigenvalue weighted by Gasteiger charge is 2.29. The molecule has 2 aromatic carbocycles. The smallest absolute Gasteiger partial charge is 0.114 e. The number of benzene rings is 2. The molecule has 1 atom stereocenters. The standard InChI is InChI=1S/C20H27NO3/c1-20(22,17-9-5-4-6-10-17)18-11-7-8-12-19(18)21(13-15-23-2)14-16-24-3/h4-12,22H,13-16H2,1-3H3. The number of nitrogens with zero attached hydrogens (tertiary/aromatic N) is 1. The fraction of sp³-hybridized carbons (Fsp3) is 0.400. The lowest BCUT2D eigenvalue weighted by molar-refractivity contribution is 0.102. The second kappa shape index (κ2) is 8.83. The van der Waals surface area contributed by atoms with E-state index in [1.165, 1.54) is 0 Å². The highest BCUT2D eigenvalue weighted by molar-refractivity contribution is 5.58. The number of hydrogen-bond donors (Lipinski definition) is 1. The minimum absolute atomic E-state index is 0.617. The van der Waals surface area contributed by atoms with Crippen molar-refractivity contribution in [2.45, 2.75) is 12.5 Å². The predicted octanol–water partition coefficient (Wildman–Crippen LogP) is 3.04. The van der Waals surface area contributed by atoms with Gasteiger partial charge in [0, 0.05) is 38.6 Å². The lowest BCUT2D eigenvalue weighted by atomic mass is 9.87. The number of aliphatic hydroxyl groups is 1. The Morgan fingerprint density at radius 2 is 1.42 bits per heavy atom. The van der Waals surface area contributed by atoms with Crippen molar-refractivity contribution in [2.75, 3.05) is 45.4 Å². The van der Waals surface area contributed by atoms with Gasteiger partial charge in [0.1, 0.15) is 5.60 Å². The van der Waals surface area contributed by atoms with Crippen LogP contribution in [0.5, 0.6) is 0 Å². The van der Waals surface area contributed by atoms with E-state index in [1.807, 2.05) is 61.5 Å². The van der Waals surface area contributed by atoms with Gasteiger partial charge in [-0.25, -0.2) is 0 Å². The molecular formula is C20H27NO3. The molecule has 0 bridgehead atoms. The fourth-order valence-electron chi connectivity index (χ4n) is 2.83. The van der Waals surface area contributed by atoms with Gasteiger partial charge < -0.3 is 19.5 Å². The van der Waals surface area contributed by atoms with Gasteiger partial charge in [-0.05, 0) is 18.6 Å². The molecule has 130 valence electrons. The van der Waals surface area contributed by atoms with Gasteiger partial charge in [0.05, 0.1) is 13.2 Å². The Balaban J connectivity index is 2.40. The third-order valence-corrected chi connectivity index (χ3v) is 4.24. The zero-order chi connectivity index (χ0) is 17.4. The summed E-state index contributed by atoms with van der Waals surface area (Å²) in [5.74, 6) is 0. The van der Waals surface area contributed by atoms with E-state index in [4.69, 9.17) is 9.47 Å². The summed E-state index contributed by atoms with van der Waals surface area (Å²) in [5.41, 5.74) is 1.68. The summed E-state index contributed by atoms with van der Waals surface area (Å²) in [6.07, 6.45) is 0. The highest BCUT2D eigenvalue weighted by Crippen LogP contribution is 2.35. The zero-order valence-corrected chi connectivity index (χ0v) is 14.7. The van der Waals surface area contributed by atoms with Gasteiger partial charge in [-0.3, -0.25) is 0 Å². The number of rotatable bonds is 9. The second-order valence-corrected chi connectivity index (χ2v) is 5.93. The average molecular weight is 329 g/mol. The Hall–Kier alpha value is -1.88. The molecule has 0 saturated carbocycles. The molecule has 0 radical (unpaired) electrons. The molecular weight excluding hydrogens is 302 g/mol. The van der Waals surface area contributed by atoms with Crippen molar-refractivity contribution in [3.05, 3.63) is 65.7 Å². The molecule has 0 aliphatic heterocycles. The Kier molecular flexibility index (Phi) is 6.79. The van der Waals surface area contributed by atoms with Gasteiger partial charge in [-0.2, -0.15) is 0 Å². The Morgan fingerprint density at radius 1 is 0.875 bits per heavy atom. The molecule has 4 nitrogen and oxygen atoms in total. The van der Waals surface area contributed by atoms with Gasteiger partial charge in [0.2, 0.25) is 0 Å². The molecule has 0 aromatic heterocycles. The normalized spacial score (nSPS) is 13.5. The maximum atomic E-state index is 11.2. The Bertz CT molecular complexity index is 605. The van der Waals surface area contributed by atoms with Crippen LogP contribution in [0.15, 0.2) is 54.6 Å². The zero-order valence-electron chi connectivity index (χ0n) is 14.7. The minimum Gasteiger partial charge on any atom is -0.383 e. The largest absolute Gasteiger partial charge is 0.383 e. The van der Waals surface area contributed by atoms with Gasteiger partial charge in [-0.1, -0.05) is 48.5 Å². The highest BCUT2D eigenvalue weighted by atomic mass is 16.5. The molecule has 24 heavy (non-hydrogen) atoms. The summed E-state index contributed by atoms with van der Waals surface area (Å²) < 4.78 is 10.5. The summed E-state index contributed by atoms with van der Waals surface area (Å²) in [4.78, 5) is 2.19. The average Bonchev–Trinajstić information content (AvgIpc) is 2.63. The third kappa shape index (κ3) is 4.35. The summed E-state index contributed by atoms with van der Waals surface area (Å²) >= 11 is 0. The summed E-state index contributed by atoms with van der Waals surface area (Å²) in [6, 6.07) is 17.7. The topological polar surface area (TPSA) is 41.9 Å². The van der Waals surface area contributed by atoms with E-state index in [2.05, 4.69) is 4.90 Å². The van der Waals surface area contributed by atoms with E-state index in [0.29, 0.717) is 13.2 Å². The second-order valence-electron chi connectivity index (χ2n) is 5.93. The van der Waals surface area contributed by atoms with E-state index in [1.54, 1.807) is 14.2 Å². The first-order chi connectivity index (χ1) is 11.6. The molecule has 2 rings (SSSR count). The predicted molar refractivity (Wildman–Crippen MR) is 97.5 cm³/mol. The molecule has 0 saturated heterocycles. The molecule has 4 heteroatoms. The molecule has 0 spiro atoms. The van der Waals surface area contributed by atoms with Crippen LogP contribution < -0.4 is 4.90 Å². The number of hydrogen-bond acceptors (Lipinski definition) is 4. The minimum atomic E-state index is -1.07. The summed E-state index contributed by atoms with van der Waals surface area (Å²) in [5, 5.41) is 11.2. The van der Waals surface area contributed by atoms with Crippen LogP contribution in [-0.2, 0) is 15.1 Å². The lowest BCUT2D eigenvalue weighted by Crippen LogP contribution is -2.34. The van der Waals surface area contributed by atoms with Crippen LogP contribution in [0.3, 0.4) is 0 Å². The van der Waals surface area contributed by atoms with Gasteiger partial charge >= 0.3 is 0 Å². The lowest BCUT2D eigenvalue weighted by Gasteiger charge is -2.32.